The largest absolute Gasteiger partial charge is 0.0882 e. The van der Waals surface area contributed by atoms with Gasteiger partial charge in [-0.15, -0.1) is 0 Å². The zero-order valence-corrected chi connectivity index (χ0v) is 10.0. The smallest absolute Gasteiger partial charge is 0.0292 e. The van der Waals surface area contributed by atoms with Crippen molar-refractivity contribution in [1.82, 2.24) is 0 Å². The van der Waals surface area contributed by atoms with Crippen LogP contribution in [0.15, 0.2) is 23.8 Å². The summed E-state index contributed by atoms with van der Waals surface area (Å²) in [4.78, 5) is 0. The monoisotopic (exact) mass is 204 g/mol. The normalized spacial score (nSPS) is 26.2. The van der Waals surface area contributed by atoms with E-state index in [2.05, 4.69) is 25.2 Å². The molecule has 0 amide bonds. The van der Waals surface area contributed by atoms with E-state index in [1.165, 1.54) is 51.4 Å². The van der Waals surface area contributed by atoms with Gasteiger partial charge in [-0.25, -0.2) is 0 Å². The lowest BCUT2D eigenvalue weighted by atomic mass is 9.94. The first kappa shape index (κ1) is 11.0. The molecule has 0 nitrogen and oxygen atoms in total. The van der Waals surface area contributed by atoms with Gasteiger partial charge in [-0.2, -0.15) is 0 Å². The van der Waals surface area contributed by atoms with Crippen molar-refractivity contribution < 1.29 is 0 Å². The lowest BCUT2D eigenvalue weighted by molar-refractivity contribution is 0.436. The molecule has 0 radical (unpaired) electrons. The fourth-order valence-corrected chi connectivity index (χ4v) is 2.99. The van der Waals surface area contributed by atoms with Gasteiger partial charge in [0.05, 0.1) is 0 Å². The molecular formula is C15H24. The Kier molecular flexibility index (Phi) is 4.05. The number of hydrogen-bond donors (Lipinski definition) is 0. The van der Waals surface area contributed by atoms with Crippen molar-refractivity contribution in [2.45, 2.75) is 58.3 Å². The van der Waals surface area contributed by atoms with E-state index in [1.807, 2.05) is 0 Å². The van der Waals surface area contributed by atoms with E-state index in [9.17, 15) is 0 Å². The van der Waals surface area contributed by atoms with Crippen LogP contribution < -0.4 is 0 Å². The van der Waals surface area contributed by atoms with Crippen LogP contribution in [0.5, 0.6) is 0 Å². The van der Waals surface area contributed by atoms with Crippen molar-refractivity contribution in [3.05, 3.63) is 23.8 Å². The van der Waals surface area contributed by atoms with Crippen molar-refractivity contribution in [2.24, 2.45) is 11.8 Å². The molecule has 2 rings (SSSR count). The Hall–Kier alpha value is -0.520. The summed E-state index contributed by atoms with van der Waals surface area (Å²) in [5.74, 6) is 1.99. The SMILES string of the molecule is CC1=CCC(CCCCC2CC=CC2)C1. The molecule has 0 saturated heterocycles. The van der Waals surface area contributed by atoms with Gasteiger partial charge in [-0.1, -0.05) is 36.6 Å². The summed E-state index contributed by atoms with van der Waals surface area (Å²) >= 11 is 0. The van der Waals surface area contributed by atoms with Gasteiger partial charge in [0.2, 0.25) is 0 Å². The molecule has 2 aliphatic carbocycles. The standard InChI is InChI=1S/C15H24/c1-13-10-11-15(12-13)9-5-4-8-14-6-2-3-7-14/h2-3,10,14-15H,4-9,11-12H2,1H3. The van der Waals surface area contributed by atoms with Crippen LogP contribution >= 0.6 is 0 Å². The summed E-state index contributed by atoms with van der Waals surface area (Å²) in [6.07, 6.45) is 18.4. The predicted octanol–water partition coefficient (Wildman–Crippen LogP) is 4.87. The van der Waals surface area contributed by atoms with Crippen molar-refractivity contribution in [3.63, 3.8) is 0 Å². The molecule has 15 heavy (non-hydrogen) atoms. The third-order valence-electron chi connectivity index (χ3n) is 3.99. The van der Waals surface area contributed by atoms with E-state index in [0.29, 0.717) is 0 Å². The van der Waals surface area contributed by atoms with Gasteiger partial charge in [0, 0.05) is 0 Å². The minimum Gasteiger partial charge on any atom is -0.0882 e. The Balaban J connectivity index is 1.49. The van der Waals surface area contributed by atoms with Gasteiger partial charge >= 0.3 is 0 Å². The summed E-state index contributed by atoms with van der Waals surface area (Å²) < 4.78 is 0. The van der Waals surface area contributed by atoms with E-state index in [0.717, 1.165) is 11.8 Å². The van der Waals surface area contributed by atoms with Crippen LogP contribution in [-0.4, -0.2) is 0 Å². The molecule has 1 atom stereocenters. The highest BCUT2D eigenvalue weighted by molar-refractivity contribution is 5.06. The third-order valence-corrected chi connectivity index (χ3v) is 3.99. The first-order valence-corrected chi connectivity index (χ1v) is 6.65. The Morgan fingerprint density at radius 1 is 1.00 bits per heavy atom. The summed E-state index contributed by atoms with van der Waals surface area (Å²) in [6.45, 7) is 2.28. The average Bonchev–Trinajstić information content (AvgIpc) is 2.84. The van der Waals surface area contributed by atoms with Crippen LogP contribution in [0.4, 0.5) is 0 Å². The van der Waals surface area contributed by atoms with Crippen LogP contribution in [0.25, 0.3) is 0 Å². The number of allylic oxidation sites excluding steroid dienone is 4. The van der Waals surface area contributed by atoms with Gasteiger partial charge in [0.25, 0.3) is 0 Å². The molecule has 0 aromatic heterocycles. The molecule has 0 spiro atoms. The van der Waals surface area contributed by atoms with E-state index >= 15 is 0 Å². The number of hydrogen-bond acceptors (Lipinski definition) is 0. The average molecular weight is 204 g/mol. The van der Waals surface area contributed by atoms with Crippen molar-refractivity contribution in [3.8, 4) is 0 Å². The van der Waals surface area contributed by atoms with E-state index < -0.39 is 0 Å². The predicted molar refractivity (Wildman–Crippen MR) is 66.8 cm³/mol. The van der Waals surface area contributed by atoms with Crippen LogP contribution in [0.3, 0.4) is 0 Å². The summed E-state index contributed by atoms with van der Waals surface area (Å²) in [7, 11) is 0. The van der Waals surface area contributed by atoms with Gasteiger partial charge in [-0.3, -0.25) is 0 Å². The first-order chi connectivity index (χ1) is 7.34. The first-order valence-electron chi connectivity index (χ1n) is 6.65. The van der Waals surface area contributed by atoms with Crippen LogP contribution in [0.2, 0.25) is 0 Å². The minimum atomic E-state index is 0.992. The maximum Gasteiger partial charge on any atom is -0.0292 e. The summed E-state index contributed by atoms with van der Waals surface area (Å²) in [5, 5.41) is 0. The lowest BCUT2D eigenvalue weighted by Gasteiger charge is -2.11. The second kappa shape index (κ2) is 5.53. The maximum atomic E-state index is 2.44. The fraction of sp³-hybridized carbons (Fsp3) is 0.733. The van der Waals surface area contributed by atoms with Crippen LogP contribution in [0, 0.1) is 11.8 Å². The van der Waals surface area contributed by atoms with Gasteiger partial charge in [0.15, 0.2) is 0 Å². The Labute approximate surface area is 94.5 Å². The zero-order chi connectivity index (χ0) is 10.5. The number of unbranched alkanes of at least 4 members (excludes halogenated alkanes) is 1. The topological polar surface area (TPSA) is 0 Å². The van der Waals surface area contributed by atoms with Crippen molar-refractivity contribution >= 4 is 0 Å². The van der Waals surface area contributed by atoms with E-state index in [1.54, 1.807) is 5.57 Å². The molecule has 0 heteroatoms. The summed E-state index contributed by atoms with van der Waals surface area (Å²) in [5.41, 5.74) is 1.62. The highest BCUT2D eigenvalue weighted by atomic mass is 14.2. The molecule has 0 bridgehead atoms. The quantitative estimate of drug-likeness (QED) is 0.443. The number of rotatable bonds is 5. The molecule has 0 saturated carbocycles. The van der Waals surface area contributed by atoms with Gasteiger partial charge in [-0.05, 0) is 57.3 Å². The highest BCUT2D eigenvalue weighted by Gasteiger charge is 2.14. The van der Waals surface area contributed by atoms with E-state index in [-0.39, 0.29) is 0 Å². The van der Waals surface area contributed by atoms with Gasteiger partial charge < -0.3 is 0 Å². The molecule has 0 fully saturated rings. The molecule has 0 aromatic carbocycles. The molecular weight excluding hydrogens is 180 g/mol. The molecule has 1 unspecified atom stereocenters. The third kappa shape index (κ3) is 3.52. The molecule has 0 aliphatic heterocycles. The fourth-order valence-electron chi connectivity index (χ4n) is 2.99. The maximum absolute atomic E-state index is 2.44. The molecule has 2 aliphatic rings. The lowest BCUT2D eigenvalue weighted by Crippen LogP contribution is -1.97. The summed E-state index contributed by atoms with van der Waals surface area (Å²) in [6, 6.07) is 0. The molecule has 0 N–H and O–H groups in total. The second-order valence-electron chi connectivity index (χ2n) is 5.45. The molecule has 84 valence electrons. The van der Waals surface area contributed by atoms with Gasteiger partial charge in [0.1, 0.15) is 0 Å². The van der Waals surface area contributed by atoms with E-state index in [4.69, 9.17) is 0 Å². The highest BCUT2D eigenvalue weighted by Crippen LogP contribution is 2.30. The zero-order valence-electron chi connectivity index (χ0n) is 10.0. The Bertz CT molecular complexity index is 239. The molecule has 0 aromatic rings. The Morgan fingerprint density at radius 3 is 2.27 bits per heavy atom. The minimum absolute atomic E-state index is 0.992. The van der Waals surface area contributed by atoms with Crippen LogP contribution in [0.1, 0.15) is 58.3 Å². The van der Waals surface area contributed by atoms with Crippen LogP contribution in [-0.2, 0) is 0 Å². The molecule has 0 heterocycles. The Morgan fingerprint density at radius 2 is 1.67 bits per heavy atom. The van der Waals surface area contributed by atoms with Crippen molar-refractivity contribution in [2.75, 3.05) is 0 Å². The van der Waals surface area contributed by atoms with Crippen molar-refractivity contribution in [1.29, 1.82) is 0 Å². The second-order valence-corrected chi connectivity index (χ2v) is 5.45.